The van der Waals surface area contributed by atoms with Crippen LogP contribution in [0, 0.1) is 0 Å². The molecule has 0 aromatic heterocycles. The largest absolute Gasteiger partial charge is 0.636 e. The number of rotatable bonds is 2. The zero-order valence-electron chi connectivity index (χ0n) is 10.4. The van der Waals surface area contributed by atoms with E-state index in [2.05, 4.69) is 0 Å². The lowest BCUT2D eigenvalue weighted by molar-refractivity contribution is -0.145. The van der Waals surface area contributed by atoms with E-state index < -0.39 is 19.1 Å². The van der Waals surface area contributed by atoms with Crippen molar-refractivity contribution in [1.29, 1.82) is 0 Å². The van der Waals surface area contributed by atoms with Crippen LogP contribution in [0.1, 0.15) is 10.4 Å². The molecule has 0 bridgehead atoms. The smallest absolute Gasteiger partial charge is 0.494 e. The van der Waals surface area contributed by atoms with Gasteiger partial charge in [-0.05, 0) is 7.05 Å². The molecule has 0 N–H and O–H groups in total. The first-order valence-electron chi connectivity index (χ1n) is 5.71. The fraction of sp³-hybridized carbons (Fsp3) is 0.250. The van der Waals surface area contributed by atoms with Gasteiger partial charge in [0.05, 0.1) is 13.1 Å². The predicted molar refractivity (Wildman–Crippen MR) is 66.9 cm³/mol. The van der Waals surface area contributed by atoms with Crippen molar-refractivity contribution in [2.45, 2.75) is 0 Å². The number of hydrogen-bond donors (Lipinski definition) is 0. The third kappa shape index (κ3) is 3.41. The molecule has 7 heteroatoms. The third-order valence-corrected chi connectivity index (χ3v) is 2.62. The van der Waals surface area contributed by atoms with E-state index in [0.717, 1.165) is 0 Å². The van der Waals surface area contributed by atoms with E-state index in [0.29, 0.717) is 17.3 Å². The number of likely N-dealkylation sites (N-methyl/N-ethyl adjacent to an activating group) is 1. The predicted octanol–water partition coefficient (Wildman–Crippen LogP) is -0.774. The van der Waals surface area contributed by atoms with Crippen LogP contribution in [0.5, 0.6) is 0 Å². The van der Waals surface area contributed by atoms with E-state index >= 15 is 0 Å². The van der Waals surface area contributed by atoms with Crippen LogP contribution in [0.4, 0.5) is 0 Å². The lowest BCUT2D eigenvalue weighted by atomic mass is 9.78. The highest BCUT2D eigenvalue weighted by Crippen LogP contribution is 2.02. The second-order valence-corrected chi connectivity index (χ2v) is 4.27. The second kappa shape index (κ2) is 5.66. The maximum atomic E-state index is 11.5. The van der Waals surface area contributed by atoms with Crippen molar-refractivity contribution in [2.24, 2.45) is 0 Å². The molecular weight excluding hydrogens is 249 g/mol. The summed E-state index contributed by atoms with van der Waals surface area (Å²) in [5.41, 5.74) is 1.00. The fourth-order valence-electron chi connectivity index (χ4n) is 1.70. The molecular formula is C12H12BNO5. The SMILES string of the molecule is CN1CC(=O)OB(c2ccc(C=O)cc2)OC(=O)C1. The first-order valence-corrected chi connectivity index (χ1v) is 5.71. The number of carbonyl (C=O) groups is 3. The first-order chi connectivity index (χ1) is 9.08. The maximum Gasteiger partial charge on any atom is 0.636 e. The first kappa shape index (κ1) is 13.3. The molecule has 98 valence electrons. The molecule has 0 spiro atoms. The van der Waals surface area contributed by atoms with Gasteiger partial charge in [-0.25, -0.2) is 0 Å². The Kier molecular flexibility index (Phi) is 3.96. The normalized spacial score (nSPS) is 17.2. The Bertz CT molecular complexity index is 481. The standard InChI is InChI=1S/C12H12BNO5/c1-14-6-11(16)18-13(19-12(17)7-14)10-4-2-9(8-15)3-5-10/h2-5,8H,6-7H2,1H3. The van der Waals surface area contributed by atoms with Crippen LogP contribution in [-0.2, 0) is 18.9 Å². The summed E-state index contributed by atoms with van der Waals surface area (Å²) < 4.78 is 10.2. The average molecular weight is 261 g/mol. The van der Waals surface area contributed by atoms with Crippen LogP contribution >= 0.6 is 0 Å². The summed E-state index contributed by atoms with van der Waals surface area (Å²) in [4.78, 5) is 35.2. The molecule has 0 aliphatic carbocycles. The highest BCUT2D eigenvalue weighted by Gasteiger charge is 2.33. The van der Waals surface area contributed by atoms with Crippen LogP contribution in [0.3, 0.4) is 0 Å². The van der Waals surface area contributed by atoms with Crippen molar-refractivity contribution >= 4 is 30.8 Å². The molecule has 2 rings (SSSR count). The summed E-state index contributed by atoms with van der Waals surface area (Å²) in [6, 6.07) is 6.30. The van der Waals surface area contributed by atoms with E-state index in [1.807, 2.05) is 0 Å². The molecule has 1 aliphatic rings. The summed E-state index contributed by atoms with van der Waals surface area (Å²) in [7, 11) is 0.566. The second-order valence-electron chi connectivity index (χ2n) is 4.27. The molecule has 0 amide bonds. The summed E-state index contributed by atoms with van der Waals surface area (Å²) in [5, 5.41) is 0. The zero-order valence-corrected chi connectivity index (χ0v) is 10.4. The minimum Gasteiger partial charge on any atom is -0.494 e. The van der Waals surface area contributed by atoms with Gasteiger partial charge in [-0.1, -0.05) is 24.3 Å². The Morgan fingerprint density at radius 3 is 2.11 bits per heavy atom. The summed E-state index contributed by atoms with van der Waals surface area (Å²) in [5.74, 6) is -0.945. The number of nitrogens with zero attached hydrogens (tertiary/aromatic N) is 1. The van der Waals surface area contributed by atoms with Gasteiger partial charge in [-0.15, -0.1) is 0 Å². The van der Waals surface area contributed by atoms with Crippen LogP contribution in [0.25, 0.3) is 0 Å². The van der Waals surface area contributed by atoms with Crippen molar-refractivity contribution in [2.75, 3.05) is 20.1 Å². The monoisotopic (exact) mass is 261 g/mol. The van der Waals surface area contributed by atoms with E-state index in [1.54, 1.807) is 31.3 Å². The third-order valence-electron chi connectivity index (χ3n) is 2.62. The van der Waals surface area contributed by atoms with Crippen LogP contribution in [0.15, 0.2) is 24.3 Å². The molecule has 0 radical (unpaired) electrons. The van der Waals surface area contributed by atoms with Gasteiger partial charge in [0.25, 0.3) is 0 Å². The van der Waals surface area contributed by atoms with Gasteiger partial charge in [-0.3, -0.25) is 19.3 Å². The van der Waals surface area contributed by atoms with Gasteiger partial charge in [0, 0.05) is 11.0 Å². The maximum absolute atomic E-state index is 11.5. The van der Waals surface area contributed by atoms with E-state index in [9.17, 15) is 14.4 Å². The molecule has 0 atom stereocenters. The van der Waals surface area contributed by atoms with Crippen LogP contribution in [-0.4, -0.2) is 50.4 Å². The quantitative estimate of drug-likeness (QED) is 0.514. The Morgan fingerprint density at radius 1 is 1.11 bits per heavy atom. The van der Waals surface area contributed by atoms with Gasteiger partial charge in [-0.2, -0.15) is 0 Å². The minimum atomic E-state index is -1.06. The van der Waals surface area contributed by atoms with Gasteiger partial charge in [0.2, 0.25) is 0 Å². The van der Waals surface area contributed by atoms with Crippen LogP contribution in [0.2, 0.25) is 0 Å². The molecule has 1 heterocycles. The molecule has 1 saturated heterocycles. The lowest BCUT2D eigenvalue weighted by Gasteiger charge is -2.22. The number of benzene rings is 1. The topological polar surface area (TPSA) is 72.9 Å². The van der Waals surface area contributed by atoms with Gasteiger partial charge >= 0.3 is 19.1 Å². The highest BCUT2D eigenvalue weighted by atomic mass is 16.6. The molecule has 1 aromatic carbocycles. The van der Waals surface area contributed by atoms with Gasteiger partial charge < -0.3 is 9.31 Å². The van der Waals surface area contributed by atoms with E-state index in [1.165, 1.54) is 4.90 Å². The lowest BCUT2D eigenvalue weighted by Crippen LogP contribution is -2.47. The van der Waals surface area contributed by atoms with Crippen molar-refractivity contribution in [3.8, 4) is 0 Å². The van der Waals surface area contributed by atoms with Crippen molar-refractivity contribution < 1.29 is 23.7 Å². The Balaban J connectivity index is 2.18. The number of hydrogen-bond acceptors (Lipinski definition) is 6. The van der Waals surface area contributed by atoms with E-state index in [-0.39, 0.29) is 13.1 Å². The summed E-state index contributed by atoms with van der Waals surface area (Å²) >= 11 is 0. The average Bonchev–Trinajstić information content (AvgIpc) is 2.36. The van der Waals surface area contributed by atoms with Crippen LogP contribution < -0.4 is 5.46 Å². The zero-order chi connectivity index (χ0) is 13.8. The Labute approximate surface area is 110 Å². The fourth-order valence-corrected chi connectivity index (χ4v) is 1.70. The molecule has 0 unspecified atom stereocenters. The van der Waals surface area contributed by atoms with Crippen molar-refractivity contribution in [1.82, 2.24) is 4.90 Å². The molecule has 1 aromatic rings. The molecule has 1 aliphatic heterocycles. The molecule has 6 nitrogen and oxygen atoms in total. The highest BCUT2D eigenvalue weighted by molar-refractivity contribution is 6.64. The van der Waals surface area contributed by atoms with Gasteiger partial charge in [0.1, 0.15) is 6.29 Å². The molecule has 1 fully saturated rings. The molecule has 19 heavy (non-hydrogen) atoms. The van der Waals surface area contributed by atoms with Crippen molar-refractivity contribution in [3.05, 3.63) is 29.8 Å². The summed E-state index contributed by atoms with van der Waals surface area (Å²) in [6.45, 7) is 0.0516. The van der Waals surface area contributed by atoms with E-state index in [4.69, 9.17) is 9.31 Å². The van der Waals surface area contributed by atoms with Gasteiger partial charge in [0.15, 0.2) is 0 Å². The molecule has 0 saturated carbocycles. The number of aldehydes is 1. The Morgan fingerprint density at radius 2 is 1.63 bits per heavy atom. The Hall–Kier alpha value is -2.15. The summed E-state index contributed by atoms with van der Waals surface area (Å²) in [6.07, 6.45) is 0.703. The minimum absolute atomic E-state index is 0.0258. The number of carbonyl (C=O) groups excluding carboxylic acids is 3. The van der Waals surface area contributed by atoms with Crippen molar-refractivity contribution in [3.63, 3.8) is 0 Å².